The van der Waals surface area contributed by atoms with Crippen LogP contribution >= 0.6 is 11.6 Å². The summed E-state index contributed by atoms with van der Waals surface area (Å²) in [7, 11) is 3.25. The van der Waals surface area contributed by atoms with Crippen LogP contribution in [0.4, 0.5) is 4.39 Å². The first-order valence-corrected chi connectivity index (χ1v) is 8.94. The molecule has 0 aliphatic carbocycles. The molecule has 0 unspecified atom stereocenters. The molecule has 0 amide bonds. The number of furan rings is 1. The van der Waals surface area contributed by atoms with Gasteiger partial charge in [0.15, 0.2) is 11.5 Å². The lowest BCUT2D eigenvalue weighted by molar-refractivity contribution is 0.354. The summed E-state index contributed by atoms with van der Waals surface area (Å²) in [6.45, 7) is 1.39. The minimum atomic E-state index is -0.441. The van der Waals surface area contributed by atoms with E-state index in [1.54, 1.807) is 26.4 Å². The third-order valence-corrected chi connectivity index (χ3v) is 4.49. The minimum Gasteiger partial charge on any atom is -0.493 e. The van der Waals surface area contributed by atoms with Gasteiger partial charge in [0.1, 0.15) is 17.3 Å². The molecule has 0 saturated carbocycles. The van der Waals surface area contributed by atoms with Crippen LogP contribution in [-0.2, 0) is 13.0 Å². The van der Waals surface area contributed by atoms with Crippen molar-refractivity contribution in [2.75, 3.05) is 20.8 Å². The molecule has 0 bridgehead atoms. The van der Waals surface area contributed by atoms with Gasteiger partial charge in [-0.3, -0.25) is 0 Å². The van der Waals surface area contributed by atoms with Crippen molar-refractivity contribution in [3.05, 3.63) is 70.7 Å². The van der Waals surface area contributed by atoms with E-state index in [9.17, 15) is 4.39 Å². The van der Waals surface area contributed by atoms with E-state index in [1.165, 1.54) is 6.07 Å². The van der Waals surface area contributed by atoms with Crippen LogP contribution in [0.5, 0.6) is 11.5 Å². The highest BCUT2D eigenvalue weighted by molar-refractivity contribution is 6.31. The Morgan fingerprint density at radius 2 is 1.81 bits per heavy atom. The summed E-state index contributed by atoms with van der Waals surface area (Å²) in [5, 5.41) is 3.43. The fourth-order valence-corrected chi connectivity index (χ4v) is 2.94. The molecule has 3 rings (SSSR count). The van der Waals surface area contributed by atoms with Crippen LogP contribution in [0.25, 0.3) is 11.3 Å². The molecule has 142 valence electrons. The second kappa shape index (κ2) is 8.93. The Morgan fingerprint density at radius 1 is 1.00 bits per heavy atom. The fraction of sp³-hybridized carbons (Fsp3) is 0.238. The lowest BCUT2D eigenvalue weighted by Gasteiger charge is -2.09. The van der Waals surface area contributed by atoms with Crippen molar-refractivity contribution in [1.29, 1.82) is 0 Å². The molecule has 1 heterocycles. The molecular weight excluding hydrogens is 369 g/mol. The van der Waals surface area contributed by atoms with Gasteiger partial charge in [-0.05, 0) is 61.0 Å². The molecule has 6 heteroatoms. The number of nitrogens with one attached hydrogen (secondary N) is 1. The van der Waals surface area contributed by atoms with Crippen molar-refractivity contribution in [2.45, 2.75) is 13.0 Å². The van der Waals surface area contributed by atoms with E-state index in [4.69, 9.17) is 25.5 Å². The maximum absolute atomic E-state index is 13.3. The predicted octanol–water partition coefficient (Wildman–Crippen LogP) is 5.09. The molecule has 27 heavy (non-hydrogen) atoms. The van der Waals surface area contributed by atoms with E-state index >= 15 is 0 Å². The van der Waals surface area contributed by atoms with Gasteiger partial charge in [0, 0.05) is 5.56 Å². The molecule has 0 radical (unpaired) electrons. The molecule has 1 N–H and O–H groups in total. The molecule has 0 saturated heterocycles. The number of halogens is 2. The van der Waals surface area contributed by atoms with Crippen molar-refractivity contribution in [3.63, 3.8) is 0 Å². The van der Waals surface area contributed by atoms with Crippen molar-refractivity contribution in [2.24, 2.45) is 0 Å². The summed E-state index contributed by atoms with van der Waals surface area (Å²) >= 11 is 5.83. The average Bonchev–Trinajstić information content (AvgIpc) is 3.16. The molecule has 0 aliphatic heterocycles. The van der Waals surface area contributed by atoms with Gasteiger partial charge in [0.25, 0.3) is 0 Å². The summed E-state index contributed by atoms with van der Waals surface area (Å²) in [4.78, 5) is 0. The molecule has 0 atom stereocenters. The second-order valence-corrected chi connectivity index (χ2v) is 6.42. The number of hydrogen-bond acceptors (Lipinski definition) is 4. The number of benzene rings is 2. The average molecular weight is 390 g/mol. The van der Waals surface area contributed by atoms with Crippen LogP contribution in [0.15, 0.2) is 52.9 Å². The zero-order valence-electron chi connectivity index (χ0n) is 15.2. The Labute approximate surface area is 162 Å². The van der Waals surface area contributed by atoms with Crippen LogP contribution in [-0.4, -0.2) is 20.8 Å². The fourth-order valence-electron chi connectivity index (χ4n) is 2.76. The van der Waals surface area contributed by atoms with Crippen LogP contribution in [0.2, 0.25) is 5.02 Å². The first kappa shape index (κ1) is 19.3. The third kappa shape index (κ3) is 4.81. The largest absolute Gasteiger partial charge is 0.493 e. The highest BCUT2D eigenvalue weighted by atomic mass is 35.5. The van der Waals surface area contributed by atoms with Gasteiger partial charge >= 0.3 is 0 Å². The van der Waals surface area contributed by atoms with Crippen LogP contribution in [0.3, 0.4) is 0 Å². The minimum absolute atomic E-state index is 0.0819. The molecule has 3 aromatic rings. The van der Waals surface area contributed by atoms with Gasteiger partial charge in [-0.15, -0.1) is 0 Å². The normalized spacial score (nSPS) is 10.8. The number of ether oxygens (including phenoxy) is 2. The highest BCUT2D eigenvalue weighted by Gasteiger charge is 2.08. The van der Waals surface area contributed by atoms with Crippen LogP contribution < -0.4 is 14.8 Å². The first-order valence-electron chi connectivity index (χ1n) is 8.56. The zero-order chi connectivity index (χ0) is 19.2. The molecule has 0 aliphatic rings. The molecule has 0 fully saturated rings. The van der Waals surface area contributed by atoms with Crippen LogP contribution in [0, 0.1) is 5.82 Å². The summed E-state index contributed by atoms with van der Waals surface area (Å²) < 4.78 is 29.6. The molecule has 4 nitrogen and oxygen atoms in total. The number of methoxy groups -OCH3 is 2. The Morgan fingerprint density at radius 3 is 2.56 bits per heavy atom. The Hall–Kier alpha value is -2.50. The molecule has 2 aromatic carbocycles. The topological polar surface area (TPSA) is 43.6 Å². The Kier molecular flexibility index (Phi) is 6.37. The SMILES string of the molecule is COc1ccc(CCNCc2ccc(-c3ccc(F)c(Cl)c3)o2)cc1OC. The summed E-state index contributed by atoms with van der Waals surface area (Å²) in [5.74, 6) is 2.47. The second-order valence-electron chi connectivity index (χ2n) is 6.01. The van der Waals surface area contributed by atoms with Crippen molar-refractivity contribution in [1.82, 2.24) is 5.32 Å². The lowest BCUT2D eigenvalue weighted by Crippen LogP contribution is -2.16. The van der Waals surface area contributed by atoms with E-state index < -0.39 is 5.82 Å². The van der Waals surface area contributed by atoms with Crippen molar-refractivity contribution in [3.8, 4) is 22.8 Å². The van der Waals surface area contributed by atoms with Gasteiger partial charge in [0.2, 0.25) is 0 Å². The maximum Gasteiger partial charge on any atom is 0.160 e. The van der Waals surface area contributed by atoms with Gasteiger partial charge in [0.05, 0.1) is 25.8 Å². The van der Waals surface area contributed by atoms with Crippen molar-refractivity contribution < 1.29 is 18.3 Å². The third-order valence-electron chi connectivity index (χ3n) is 4.20. The van der Waals surface area contributed by atoms with Crippen LogP contribution in [0.1, 0.15) is 11.3 Å². The summed E-state index contributed by atoms with van der Waals surface area (Å²) in [6.07, 6.45) is 0.849. The number of rotatable bonds is 8. The quantitative estimate of drug-likeness (QED) is 0.545. The predicted molar refractivity (Wildman–Crippen MR) is 104 cm³/mol. The zero-order valence-corrected chi connectivity index (χ0v) is 16.0. The standard InChI is InChI=1S/C21H21ClFNO3/c1-25-20-7-3-14(11-21(20)26-2)9-10-24-13-16-5-8-19(27-16)15-4-6-18(23)17(22)12-15/h3-8,11-12,24H,9-10,13H2,1-2H3. The first-order chi connectivity index (χ1) is 13.1. The van der Waals surface area contributed by atoms with E-state index in [-0.39, 0.29) is 5.02 Å². The van der Waals surface area contributed by atoms with Crippen molar-refractivity contribution >= 4 is 11.6 Å². The summed E-state index contributed by atoms with van der Waals surface area (Å²) in [6, 6.07) is 14.2. The van der Waals surface area contributed by atoms with Gasteiger partial charge < -0.3 is 19.2 Å². The van der Waals surface area contributed by atoms with E-state index in [1.807, 2.05) is 30.3 Å². The lowest BCUT2D eigenvalue weighted by atomic mass is 10.1. The highest BCUT2D eigenvalue weighted by Crippen LogP contribution is 2.28. The Bertz CT molecular complexity index is 910. The van der Waals surface area contributed by atoms with Gasteiger partial charge in [-0.25, -0.2) is 4.39 Å². The van der Waals surface area contributed by atoms with Gasteiger partial charge in [-0.1, -0.05) is 17.7 Å². The van der Waals surface area contributed by atoms with E-state index in [0.717, 1.165) is 41.4 Å². The molecular formula is C21H21ClFNO3. The van der Waals surface area contributed by atoms with E-state index in [2.05, 4.69) is 5.32 Å². The summed E-state index contributed by atoms with van der Waals surface area (Å²) in [5.41, 5.74) is 1.90. The molecule has 1 aromatic heterocycles. The monoisotopic (exact) mass is 389 g/mol. The Balaban J connectivity index is 1.53. The van der Waals surface area contributed by atoms with Gasteiger partial charge in [-0.2, -0.15) is 0 Å². The molecule has 0 spiro atoms. The van der Waals surface area contributed by atoms with E-state index in [0.29, 0.717) is 12.3 Å². The number of hydrogen-bond donors (Lipinski definition) is 1. The maximum atomic E-state index is 13.3. The smallest absolute Gasteiger partial charge is 0.160 e.